The molecule has 0 bridgehead atoms. The summed E-state index contributed by atoms with van der Waals surface area (Å²) in [6, 6.07) is 10.6. The van der Waals surface area contributed by atoms with Gasteiger partial charge in [-0.15, -0.1) is 0 Å². The Bertz CT molecular complexity index is 919. The fraction of sp³-hybridized carbons (Fsp3) is 0.278. The van der Waals surface area contributed by atoms with Crippen molar-refractivity contribution in [3.05, 3.63) is 54.0 Å². The summed E-state index contributed by atoms with van der Waals surface area (Å²) in [5, 5.41) is 16.7. The lowest BCUT2D eigenvalue weighted by molar-refractivity contribution is 0.207. The lowest BCUT2D eigenvalue weighted by Crippen LogP contribution is -2.34. The normalized spacial score (nSPS) is 17.2. The average Bonchev–Trinajstić information content (AvgIpc) is 3.21. The molecule has 2 aromatic heterocycles. The Labute approximate surface area is 144 Å². The van der Waals surface area contributed by atoms with Crippen LogP contribution in [0.2, 0.25) is 0 Å². The van der Waals surface area contributed by atoms with E-state index >= 15 is 0 Å². The Hall–Kier alpha value is -3.09. The third-order valence-electron chi connectivity index (χ3n) is 4.48. The van der Waals surface area contributed by atoms with Crippen molar-refractivity contribution in [2.45, 2.75) is 25.8 Å². The van der Waals surface area contributed by atoms with E-state index in [1.165, 1.54) is 0 Å². The van der Waals surface area contributed by atoms with Crippen LogP contribution in [0.25, 0.3) is 5.65 Å². The summed E-state index contributed by atoms with van der Waals surface area (Å²) in [6.07, 6.45) is 3.64. The number of carbonyl (C=O) groups is 1. The molecular formula is C18H19N5O2. The smallest absolute Gasteiger partial charge is 0.322 e. The number of pyridine rings is 1. The quantitative estimate of drug-likeness (QED) is 0.753. The highest BCUT2D eigenvalue weighted by Gasteiger charge is 2.30. The Balaban J connectivity index is 1.53. The molecule has 0 aliphatic carbocycles. The monoisotopic (exact) mass is 337 g/mol. The van der Waals surface area contributed by atoms with Gasteiger partial charge in [-0.05, 0) is 49.6 Å². The van der Waals surface area contributed by atoms with Crippen LogP contribution in [0, 0.1) is 6.92 Å². The average molecular weight is 337 g/mol. The van der Waals surface area contributed by atoms with E-state index in [2.05, 4.69) is 15.4 Å². The predicted octanol–water partition coefficient (Wildman–Crippen LogP) is 3.11. The van der Waals surface area contributed by atoms with Gasteiger partial charge in [-0.2, -0.15) is 5.10 Å². The van der Waals surface area contributed by atoms with Gasteiger partial charge < -0.3 is 15.3 Å². The molecule has 3 heterocycles. The van der Waals surface area contributed by atoms with Crippen molar-refractivity contribution < 1.29 is 9.90 Å². The molecule has 1 saturated heterocycles. The van der Waals surface area contributed by atoms with Crippen LogP contribution in [0.15, 0.2) is 42.6 Å². The molecule has 7 heteroatoms. The second-order valence-electron chi connectivity index (χ2n) is 6.25. The molecule has 25 heavy (non-hydrogen) atoms. The van der Waals surface area contributed by atoms with Crippen molar-refractivity contribution >= 4 is 17.4 Å². The number of aryl methyl sites for hydroxylation is 1. The number of amides is 2. The highest BCUT2D eigenvalue weighted by atomic mass is 16.3. The summed E-state index contributed by atoms with van der Waals surface area (Å²) in [5.41, 5.74) is 2.46. The standard InChI is InChI=1S/C18H19N5O2/c1-12-19-17-9-6-14(11-23(17)21-12)20-18(25)22-10-2-3-16(22)13-4-7-15(24)8-5-13/h4-9,11,16,24H,2-3,10H2,1H3,(H,20,25). The van der Waals surface area contributed by atoms with E-state index < -0.39 is 0 Å². The van der Waals surface area contributed by atoms with Crippen LogP contribution in [0.4, 0.5) is 10.5 Å². The van der Waals surface area contributed by atoms with Crippen LogP contribution in [0.3, 0.4) is 0 Å². The fourth-order valence-electron chi connectivity index (χ4n) is 3.32. The van der Waals surface area contributed by atoms with Crippen LogP contribution in [-0.2, 0) is 0 Å². The number of nitrogens with zero attached hydrogens (tertiary/aromatic N) is 4. The lowest BCUT2D eigenvalue weighted by atomic mass is 10.0. The minimum absolute atomic E-state index is 0.0259. The second kappa shape index (κ2) is 6.08. The van der Waals surface area contributed by atoms with E-state index in [9.17, 15) is 9.90 Å². The highest BCUT2D eigenvalue weighted by Crippen LogP contribution is 2.33. The van der Waals surface area contributed by atoms with Gasteiger partial charge in [-0.1, -0.05) is 12.1 Å². The molecule has 1 aliphatic heterocycles. The maximum absolute atomic E-state index is 12.7. The first-order valence-corrected chi connectivity index (χ1v) is 8.30. The van der Waals surface area contributed by atoms with Crippen molar-refractivity contribution in [2.24, 2.45) is 0 Å². The minimum Gasteiger partial charge on any atom is -0.508 e. The van der Waals surface area contributed by atoms with E-state index in [0.29, 0.717) is 18.1 Å². The number of aromatic hydroxyl groups is 1. The summed E-state index contributed by atoms with van der Waals surface area (Å²) in [4.78, 5) is 18.8. The van der Waals surface area contributed by atoms with E-state index in [1.54, 1.807) is 22.8 Å². The topological polar surface area (TPSA) is 82.8 Å². The van der Waals surface area contributed by atoms with Gasteiger partial charge in [0.1, 0.15) is 11.6 Å². The highest BCUT2D eigenvalue weighted by molar-refractivity contribution is 5.89. The maximum atomic E-state index is 12.7. The zero-order valence-electron chi connectivity index (χ0n) is 13.9. The van der Waals surface area contributed by atoms with Crippen molar-refractivity contribution in [2.75, 3.05) is 11.9 Å². The summed E-state index contributed by atoms with van der Waals surface area (Å²) < 4.78 is 1.66. The first-order valence-electron chi connectivity index (χ1n) is 8.30. The number of rotatable bonds is 2. The molecule has 0 radical (unpaired) electrons. The van der Waals surface area contributed by atoms with E-state index in [-0.39, 0.29) is 17.8 Å². The lowest BCUT2D eigenvalue weighted by Gasteiger charge is -2.25. The molecule has 2 amide bonds. The number of fused-ring (bicyclic) bond motifs is 1. The van der Waals surface area contributed by atoms with Crippen molar-refractivity contribution in [1.82, 2.24) is 19.5 Å². The number of nitrogens with one attached hydrogen (secondary N) is 1. The number of likely N-dealkylation sites (tertiary alicyclic amines) is 1. The van der Waals surface area contributed by atoms with Gasteiger partial charge in [0.15, 0.2) is 5.65 Å². The largest absolute Gasteiger partial charge is 0.508 e. The summed E-state index contributed by atoms with van der Waals surface area (Å²) in [6.45, 7) is 2.54. The molecule has 1 unspecified atom stereocenters. The number of hydrogen-bond donors (Lipinski definition) is 2. The Kier molecular flexibility index (Phi) is 3.76. The predicted molar refractivity (Wildman–Crippen MR) is 93.5 cm³/mol. The van der Waals surface area contributed by atoms with Crippen molar-refractivity contribution in [3.63, 3.8) is 0 Å². The minimum atomic E-state index is -0.133. The summed E-state index contributed by atoms with van der Waals surface area (Å²) >= 11 is 0. The van der Waals surface area contributed by atoms with Gasteiger partial charge in [-0.25, -0.2) is 14.3 Å². The molecule has 1 atom stereocenters. The Morgan fingerprint density at radius 1 is 1.24 bits per heavy atom. The Morgan fingerprint density at radius 3 is 2.84 bits per heavy atom. The van der Waals surface area contributed by atoms with E-state index in [0.717, 1.165) is 24.1 Å². The van der Waals surface area contributed by atoms with Crippen LogP contribution in [0.5, 0.6) is 5.75 Å². The number of carbonyl (C=O) groups excluding carboxylic acids is 1. The van der Waals surface area contributed by atoms with Crippen molar-refractivity contribution in [1.29, 1.82) is 0 Å². The SMILES string of the molecule is Cc1nc2ccc(NC(=O)N3CCCC3c3ccc(O)cc3)cn2n1. The summed E-state index contributed by atoms with van der Waals surface area (Å²) in [5.74, 6) is 0.921. The molecule has 1 aromatic carbocycles. The third-order valence-corrected chi connectivity index (χ3v) is 4.48. The molecule has 1 fully saturated rings. The number of hydrogen-bond acceptors (Lipinski definition) is 4. The third kappa shape index (κ3) is 3.00. The van der Waals surface area contributed by atoms with Crippen molar-refractivity contribution in [3.8, 4) is 5.75 Å². The van der Waals surface area contributed by atoms with Gasteiger partial charge in [0.25, 0.3) is 0 Å². The van der Waals surface area contributed by atoms with Gasteiger partial charge >= 0.3 is 6.03 Å². The first kappa shape index (κ1) is 15.4. The zero-order chi connectivity index (χ0) is 17.4. The number of phenolic OH excluding ortho intramolecular Hbond substituents is 1. The molecule has 3 aromatic rings. The molecule has 128 valence electrons. The van der Waals surface area contributed by atoms with Crippen LogP contribution in [0.1, 0.15) is 30.3 Å². The van der Waals surface area contributed by atoms with Gasteiger partial charge in [0.2, 0.25) is 0 Å². The molecule has 1 aliphatic rings. The van der Waals surface area contributed by atoms with Crippen LogP contribution in [-0.4, -0.2) is 37.2 Å². The zero-order valence-corrected chi connectivity index (χ0v) is 13.9. The van der Waals surface area contributed by atoms with Crippen LogP contribution >= 0.6 is 0 Å². The molecule has 7 nitrogen and oxygen atoms in total. The van der Waals surface area contributed by atoms with E-state index in [4.69, 9.17) is 0 Å². The number of phenols is 1. The number of aromatic nitrogens is 3. The molecule has 0 saturated carbocycles. The number of urea groups is 1. The van der Waals surface area contributed by atoms with Gasteiger partial charge in [-0.3, -0.25) is 0 Å². The fourth-order valence-corrected chi connectivity index (χ4v) is 3.32. The number of benzene rings is 1. The Morgan fingerprint density at radius 2 is 2.04 bits per heavy atom. The molecular weight excluding hydrogens is 318 g/mol. The number of anilines is 1. The maximum Gasteiger partial charge on any atom is 0.322 e. The van der Waals surface area contributed by atoms with Gasteiger partial charge in [0.05, 0.1) is 17.9 Å². The summed E-state index contributed by atoms with van der Waals surface area (Å²) in [7, 11) is 0. The van der Waals surface area contributed by atoms with Gasteiger partial charge in [0, 0.05) is 6.54 Å². The first-order chi connectivity index (χ1) is 12.1. The molecule has 0 spiro atoms. The second-order valence-corrected chi connectivity index (χ2v) is 6.25. The van der Waals surface area contributed by atoms with E-state index in [1.807, 2.05) is 36.1 Å². The molecule has 2 N–H and O–H groups in total. The molecule has 4 rings (SSSR count). The van der Waals surface area contributed by atoms with Crippen LogP contribution < -0.4 is 5.32 Å².